The Morgan fingerprint density at radius 2 is 2.16 bits per heavy atom. The van der Waals surface area contributed by atoms with Gasteiger partial charge >= 0.3 is 0 Å². The van der Waals surface area contributed by atoms with Crippen LogP contribution in [0.1, 0.15) is 46.5 Å². The van der Waals surface area contributed by atoms with Gasteiger partial charge in [-0.05, 0) is 32.0 Å². The third-order valence-corrected chi connectivity index (χ3v) is 3.18. The number of rotatable bonds is 4. The first-order valence-corrected chi connectivity index (χ1v) is 6.00. The number of Topliss-reactive ketones (excluding diaryl/α,β-unsaturated/α-hetero) is 1. The monoisotopic (exact) mass is 260 g/mol. The lowest BCUT2D eigenvalue weighted by atomic mass is 10.2. The van der Waals surface area contributed by atoms with Gasteiger partial charge in [-0.15, -0.1) is 0 Å². The summed E-state index contributed by atoms with van der Waals surface area (Å²) in [5.74, 6) is 0.461. The van der Waals surface area contributed by atoms with Gasteiger partial charge in [-0.3, -0.25) is 9.59 Å². The zero-order valence-corrected chi connectivity index (χ0v) is 11.1. The Hall–Kier alpha value is -2.30. The van der Waals surface area contributed by atoms with Crippen molar-refractivity contribution in [2.75, 3.05) is 7.05 Å². The standard InChI is InChI=1S/C14H16N2O3/c1-9(13-5-4-6-19-13)16(3)14(18)12-7-11(8-15-12)10(2)17/h4-9,15H,1-3H3. The largest absolute Gasteiger partial charge is 0.467 e. The summed E-state index contributed by atoms with van der Waals surface area (Å²) in [4.78, 5) is 27.9. The molecule has 0 aliphatic carbocycles. The van der Waals surface area contributed by atoms with Gasteiger partial charge in [0.05, 0.1) is 12.3 Å². The van der Waals surface area contributed by atoms with E-state index in [0.29, 0.717) is 17.0 Å². The van der Waals surface area contributed by atoms with Crippen molar-refractivity contribution in [1.82, 2.24) is 9.88 Å². The van der Waals surface area contributed by atoms with Crippen molar-refractivity contribution >= 4 is 11.7 Å². The summed E-state index contributed by atoms with van der Waals surface area (Å²) in [7, 11) is 1.70. The molecule has 0 aliphatic rings. The van der Waals surface area contributed by atoms with Gasteiger partial charge in [0.25, 0.3) is 5.91 Å². The molecule has 100 valence electrons. The smallest absolute Gasteiger partial charge is 0.270 e. The lowest BCUT2D eigenvalue weighted by Crippen LogP contribution is -2.29. The summed E-state index contributed by atoms with van der Waals surface area (Å²) < 4.78 is 5.29. The van der Waals surface area contributed by atoms with Gasteiger partial charge in [-0.25, -0.2) is 0 Å². The normalized spacial score (nSPS) is 12.2. The van der Waals surface area contributed by atoms with Crippen LogP contribution in [0.15, 0.2) is 35.1 Å². The number of hydrogen-bond donors (Lipinski definition) is 1. The molecule has 2 aromatic heterocycles. The van der Waals surface area contributed by atoms with Crippen molar-refractivity contribution in [3.63, 3.8) is 0 Å². The minimum atomic E-state index is -0.184. The van der Waals surface area contributed by atoms with Crippen LogP contribution in [0.2, 0.25) is 0 Å². The molecule has 0 saturated carbocycles. The van der Waals surface area contributed by atoms with Gasteiger partial charge < -0.3 is 14.3 Å². The molecule has 1 unspecified atom stereocenters. The first kappa shape index (κ1) is 13.1. The second kappa shape index (κ2) is 5.14. The summed E-state index contributed by atoms with van der Waals surface area (Å²) in [5.41, 5.74) is 0.897. The average molecular weight is 260 g/mol. The zero-order valence-electron chi connectivity index (χ0n) is 11.1. The predicted octanol–water partition coefficient (Wildman–Crippen LogP) is 2.64. The zero-order chi connectivity index (χ0) is 14.0. The third kappa shape index (κ3) is 2.59. The Labute approximate surface area is 111 Å². The predicted molar refractivity (Wildman–Crippen MR) is 70.0 cm³/mol. The minimum absolute atomic E-state index is 0.0722. The van der Waals surface area contributed by atoms with Crippen molar-refractivity contribution in [2.45, 2.75) is 19.9 Å². The molecule has 2 aromatic rings. The van der Waals surface area contributed by atoms with Crippen LogP contribution < -0.4 is 0 Å². The molecule has 2 heterocycles. The van der Waals surface area contributed by atoms with E-state index in [-0.39, 0.29) is 17.7 Å². The first-order valence-electron chi connectivity index (χ1n) is 6.00. The van der Waals surface area contributed by atoms with Gasteiger partial charge in [0.15, 0.2) is 5.78 Å². The van der Waals surface area contributed by atoms with Crippen molar-refractivity contribution in [3.05, 3.63) is 47.7 Å². The van der Waals surface area contributed by atoms with Crippen LogP contribution in [0.25, 0.3) is 0 Å². The molecule has 0 spiro atoms. The van der Waals surface area contributed by atoms with Gasteiger partial charge in [-0.2, -0.15) is 0 Å². The summed E-state index contributed by atoms with van der Waals surface area (Å²) in [6.45, 7) is 3.35. The Morgan fingerprint density at radius 3 is 2.68 bits per heavy atom. The summed E-state index contributed by atoms with van der Waals surface area (Å²) in [6, 6.07) is 5.00. The minimum Gasteiger partial charge on any atom is -0.467 e. The second-order valence-electron chi connectivity index (χ2n) is 4.47. The highest BCUT2D eigenvalue weighted by Crippen LogP contribution is 2.21. The fraction of sp³-hybridized carbons (Fsp3) is 0.286. The first-order chi connectivity index (χ1) is 9.00. The fourth-order valence-corrected chi connectivity index (χ4v) is 1.81. The maximum absolute atomic E-state index is 12.3. The number of furan rings is 1. The van der Waals surface area contributed by atoms with Gasteiger partial charge in [-0.1, -0.05) is 0 Å². The Morgan fingerprint density at radius 1 is 1.42 bits per heavy atom. The Kier molecular flexibility index (Phi) is 3.55. The maximum atomic E-state index is 12.3. The molecule has 0 saturated heterocycles. The number of H-pyrrole nitrogens is 1. The van der Waals surface area contributed by atoms with E-state index >= 15 is 0 Å². The number of amides is 1. The average Bonchev–Trinajstić information content (AvgIpc) is 3.06. The highest BCUT2D eigenvalue weighted by atomic mass is 16.3. The van der Waals surface area contributed by atoms with Crippen LogP contribution >= 0.6 is 0 Å². The molecule has 0 aliphatic heterocycles. The van der Waals surface area contributed by atoms with Crippen molar-refractivity contribution < 1.29 is 14.0 Å². The SMILES string of the molecule is CC(=O)c1c[nH]c(C(=O)N(C)C(C)c2ccco2)c1. The van der Waals surface area contributed by atoms with E-state index in [0.717, 1.165) is 0 Å². The second-order valence-corrected chi connectivity index (χ2v) is 4.47. The number of aromatic nitrogens is 1. The number of carbonyl (C=O) groups excluding carboxylic acids is 2. The highest BCUT2D eigenvalue weighted by Gasteiger charge is 2.22. The Balaban J connectivity index is 2.16. The molecule has 5 heteroatoms. The maximum Gasteiger partial charge on any atom is 0.270 e. The van der Waals surface area contributed by atoms with Crippen LogP contribution in [0.4, 0.5) is 0 Å². The van der Waals surface area contributed by atoms with Crippen LogP contribution in [-0.4, -0.2) is 28.6 Å². The highest BCUT2D eigenvalue weighted by molar-refractivity contribution is 5.99. The van der Waals surface area contributed by atoms with Crippen molar-refractivity contribution in [2.24, 2.45) is 0 Å². The molecule has 0 bridgehead atoms. The number of ketones is 1. The van der Waals surface area contributed by atoms with E-state index in [4.69, 9.17) is 4.42 Å². The van der Waals surface area contributed by atoms with E-state index < -0.39 is 0 Å². The molecular formula is C14H16N2O3. The van der Waals surface area contributed by atoms with Crippen LogP contribution in [0, 0.1) is 0 Å². The van der Waals surface area contributed by atoms with E-state index in [2.05, 4.69) is 4.98 Å². The lowest BCUT2D eigenvalue weighted by Gasteiger charge is -2.22. The fourth-order valence-electron chi connectivity index (χ4n) is 1.81. The molecule has 2 rings (SSSR count). The van der Waals surface area contributed by atoms with Crippen LogP contribution in [0.3, 0.4) is 0 Å². The summed E-state index contributed by atoms with van der Waals surface area (Å²) in [5, 5.41) is 0. The van der Waals surface area contributed by atoms with E-state index in [1.54, 1.807) is 36.5 Å². The van der Waals surface area contributed by atoms with Gasteiger partial charge in [0.2, 0.25) is 0 Å². The molecule has 1 N–H and O–H groups in total. The van der Waals surface area contributed by atoms with E-state index in [1.807, 2.05) is 13.0 Å². The van der Waals surface area contributed by atoms with Crippen LogP contribution in [0.5, 0.6) is 0 Å². The summed E-state index contributed by atoms with van der Waals surface area (Å²) >= 11 is 0. The van der Waals surface area contributed by atoms with E-state index in [9.17, 15) is 9.59 Å². The molecule has 1 atom stereocenters. The van der Waals surface area contributed by atoms with Gasteiger partial charge in [0, 0.05) is 18.8 Å². The number of hydrogen-bond acceptors (Lipinski definition) is 3. The third-order valence-electron chi connectivity index (χ3n) is 3.18. The summed E-state index contributed by atoms with van der Waals surface area (Å²) in [6.07, 6.45) is 3.12. The van der Waals surface area contributed by atoms with Crippen molar-refractivity contribution in [3.8, 4) is 0 Å². The molecule has 0 radical (unpaired) electrons. The molecule has 5 nitrogen and oxygen atoms in total. The van der Waals surface area contributed by atoms with Gasteiger partial charge in [0.1, 0.15) is 11.5 Å². The number of nitrogens with one attached hydrogen (secondary N) is 1. The van der Waals surface area contributed by atoms with Crippen LogP contribution in [-0.2, 0) is 0 Å². The number of nitrogens with zero attached hydrogens (tertiary/aromatic N) is 1. The molecular weight excluding hydrogens is 244 g/mol. The van der Waals surface area contributed by atoms with E-state index in [1.165, 1.54) is 6.92 Å². The molecule has 0 fully saturated rings. The van der Waals surface area contributed by atoms with Crippen molar-refractivity contribution in [1.29, 1.82) is 0 Å². The molecule has 1 amide bonds. The number of carbonyl (C=O) groups is 2. The Bertz CT molecular complexity index is 584. The topological polar surface area (TPSA) is 66.3 Å². The molecule has 19 heavy (non-hydrogen) atoms. The lowest BCUT2D eigenvalue weighted by molar-refractivity contribution is 0.0721. The number of aromatic amines is 1. The molecule has 0 aromatic carbocycles. The quantitative estimate of drug-likeness (QED) is 0.859.